The molecule has 0 atom stereocenters. The van der Waals surface area contributed by atoms with E-state index in [1.807, 2.05) is 13.8 Å². The van der Waals surface area contributed by atoms with Crippen LogP contribution in [-0.2, 0) is 14.8 Å². The third-order valence-corrected chi connectivity index (χ3v) is 8.28. The quantitative estimate of drug-likeness (QED) is 0.729. The zero-order valence-electron chi connectivity index (χ0n) is 16.5. The fraction of sp³-hybridized carbons (Fsp3) is 0.400. The van der Waals surface area contributed by atoms with Crippen molar-refractivity contribution in [2.24, 2.45) is 5.92 Å². The van der Waals surface area contributed by atoms with Gasteiger partial charge in [-0.2, -0.15) is 4.31 Å². The fourth-order valence-corrected chi connectivity index (χ4v) is 5.91. The molecule has 1 aromatic heterocycles. The van der Waals surface area contributed by atoms with E-state index in [-0.39, 0.29) is 17.7 Å². The molecule has 0 unspecified atom stereocenters. The topological polar surface area (TPSA) is 95.6 Å². The van der Waals surface area contributed by atoms with Gasteiger partial charge in [0.05, 0.1) is 0 Å². The van der Waals surface area contributed by atoms with Gasteiger partial charge in [-0.25, -0.2) is 8.42 Å². The number of nitrogens with zero attached hydrogens (tertiary/aromatic N) is 1. The number of benzene rings is 1. The summed E-state index contributed by atoms with van der Waals surface area (Å²) >= 11 is 1.20. The largest absolute Gasteiger partial charge is 0.352 e. The molecule has 1 saturated heterocycles. The van der Waals surface area contributed by atoms with E-state index in [4.69, 9.17) is 0 Å². The van der Waals surface area contributed by atoms with Crippen LogP contribution in [0.1, 0.15) is 35.7 Å². The maximum atomic E-state index is 12.7. The highest BCUT2D eigenvalue weighted by Crippen LogP contribution is 2.27. The highest BCUT2D eigenvalue weighted by Gasteiger charge is 2.32. The Balaban J connectivity index is 1.63. The number of sulfonamides is 1. The number of rotatable bonds is 6. The third-order valence-electron chi connectivity index (χ3n) is 5.01. The second-order valence-corrected chi connectivity index (χ2v) is 10.1. The molecule has 29 heavy (non-hydrogen) atoms. The van der Waals surface area contributed by atoms with E-state index in [9.17, 15) is 18.0 Å². The van der Waals surface area contributed by atoms with Crippen molar-refractivity contribution >= 4 is 38.9 Å². The second kappa shape index (κ2) is 9.06. The van der Waals surface area contributed by atoms with Crippen LogP contribution in [0.2, 0.25) is 0 Å². The summed E-state index contributed by atoms with van der Waals surface area (Å²) in [5, 5.41) is 7.40. The molecule has 1 aromatic carbocycles. The first kappa shape index (κ1) is 21.5. The van der Waals surface area contributed by atoms with Crippen LogP contribution in [0.15, 0.2) is 39.9 Å². The summed E-state index contributed by atoms with van der Waals surface area (Å²) in [6.45, 7) is 4.88. The summed E-state index contributed by atoms with van der Waals surface area (Å²) in [5.41, 5.74) is 1.96. The van der Waals surface area contributed by atoms with Crippen LogP contribution in [0, 0.1) is 12.8 Å². The summed E-state index contributed by atoms with van der Waals surface area (Å²) in [4.78, 5) is 24.8. The lowest BCUT2D eigenvalue weighted by atomic mass is 9.97. The number of hydrogen-bond donors (Lipinski definition) is 2. The van der Waals surface area contributed by atoms with Crippen molar-refractivity contribution in [3.05, 3.63) is 46.8 Å². The van der Waals surface area contributed by atoms with E-state index in [0.717, 1.165) is 5.56 Å². The maximum Gasteiger partial charge on any atom is 0.252 e. The molecule has 9 heteroatoms. The Labute approximate surface area is 175 Å². The van der Waals surface area contributed by atoms with E-state index >= 15 is 0 Å². The minimum Gasteiger partial charge on any atom is -0.352 e. The molecule has 0 radical (unpaired) electrons. The monoisotopic (exact) mass is 435 g/mol. The molecular weight excluding hydrogens is 410 g/mol. The molecule has 0 saturated carbocycles. The molecule has 1 aliphatic rings. The summed E-state index contributed by atoms with van der Waals surface area (Å²) in [5.74, 6) is -0.596. The first-order valence-electron chi connectivity index (χ1n) is 9.56. The van der Waals surface area contributed by atoms with E-state index in [1.54, 1.807) is 35.7 Å². The third kappa shape index (κ3) is 4.85. The standard InChI is InChI=1S/C20H25N3O4S2/c1-3-21-19(24)16-7-6-14(2)17(13-16)22-20(25)15-8-10-23(11-9-15)29(26,27)18-5-4-12-28-18/h4-7,12-13,15H,3,8-11H2,1-2H3,(H,21,24)(H,22,25). The average Bonchev–Trinajstić information content (AvgIpc) is 3.25. The smallest absolute Gasteiger partial charge is 0.252 e. The van der Waals surface area contributed by atoms with Crippen LogP contribution in [0.3, 0.4) is 0 Å². The first-order chi connectivity index (χ1) is 13.8. The summed E-state index contributed by atoms with van der Waals surface area (Å²) in [6.07, 6.45) is 0.928. The molecule has 2 heterocycles. The maximum absolute atomic E-state index is 12.7. The molecule has 3 rings (SSSR count). The Bertz CT molecular complexity index is 979. The Morgan fingerprint density at radius 2 is 1.93 bits per heavy atom. The lowest BCUT2D eigenvalue weighted by Crippen LogP contribution is -2.41. The van der Waals surface area contributed by atoms with Gasteiger partial charge in [0.2, 0.25) is 5.91 Å². The number of carbonyl (C=O) groups is 2. The Hall–Kier alpha value is -2.23. The van der Waals surface area contributed by atoms with Crippen LogP contribution >= 0.6 is 11.3 Å². The van der Waals surface area contributed by atoms with Gasteiger partial charge in [-0.3, -0.25) is 9.59 Å². The zero-order valence-corrected chi connectivity index (χ0v) is 18.1. The molecule has 2 aromatic rings. The number of amides is 2. The summed E-state index contributed by atoms with van der Waals surface area (Å²) in [6, 6.07) is 8.52. The molecule has 0 bridgehead atoms. The van der Waals surface area contributed by atoms with Crippen LogP contribution in [0.4, 0.5) is 5.69 Å². The number of carbonyl (C=O) groups excluding carboxylic acids is 2. The average molecular weight is 436 g/mol. The normalized spacial score (nSPS) is 15.8. The molecule has 2 amide bonds. The number of aryl methyl sites for hydroxylation is 1. The van der Waals surface area contributed by atoms with Gasteiger partial charge < -0.3 is 10.6 Å². The van der Waals surface area contributed by atoms with E-state index in [1.165, 1.54) is 15.6 Å². The zero-order chi connectivity index (χ0) is 21.0. The summed E-state index contributed by atoms with van der Waals surface area (Å²) < 4.78 is 27.0. The van der Waals surface area contributed by atoms with Crippen molar-refractivity contribution in [2.45, 2.75) is 30.9 Å². The molecule has 156 valence electrons. The number of hydrogen-bond acceptors (Lipinski definition) is 5. The predicted molar refractivity (Wildman–Crippen MR) is 114 cm³/mol. The number of piperidine rings is 1. The Kier molecular flexibility index (Phi) is 6.71. The summed E-state index contributed by atoms with van der Waals surface area (Å²) in [7, 11) is -3.48. The van der Waals surface area contributed by atoms with Crippen molar-refractivity contribution in [3.8, 4) is 0 Å². The van der Waals surface area contributed by atoms with Gasteiger partial charge in [0.25, 0.3) is 15.9 Å². The van der Waals surface area contributed by atoms with Gasteiger partial charge in [0, 0.05) is 36.8 Å². The van der Waals surface area contributed by atoms with Crippen molar-refractivity contribution in [2.75, 3.05) is 25.0 Å². The predicted octanol–water partition coefficient (Wildman–Crippen LogP) is 2.85. The highest BCUT2D eigenvalue weighted by atomic mass is 32.2. The first-order valence-corrected chi connectivity index (χ1v) is 11.9. The number of anilines is 1. The molecule has 7 nitrogen and oxygen atoms in total. The molecule has 1 fully saturated rings. The van der Waals surface area contributed by atoms with E-state index in [0.29, 0.717) is 47.9 Å². The van der Waals surface area contributed by atoms with Crippen molar-refractivity contribution in [1.82, 2.24) is 9.62 Å². The van der Waals surface area contributed by atoms with Crippen molar-refractivity contribution < 1.29 is 18.0 Å². The fourth-order valence-electron chi connectivity index (χ4n) is 3.29. The minimum absolute atomic E-state index is 0.144. The van der Waals surface area contributed by atoms with Gasteiger partial charge >= 0.3 is 0 Å². The number of thiophene rings is 1. The highest BCUT2D eigenvalue weighted by molar-refractivity contribution is 7.91. The van der Waals surface area contributed by atoms with Crippen LogP contribution in [0.5, 0.6) is 0 Å². The molecule has 0 aliphatic carbocycles. The lowest BCUT2D eigenvalue weighted by Gasteiger charge is -2.30. The van der Waals surface area contributed by atoms with Gasteiger partial charge in [-0.15, -0.1) is 11.3 Å². The molecule has 0 spiro atoms. The van der Waals surface area contributed by atoms with Gasteiger partial charge in [0.15, 0.2) is 0 Å². The van der Waals surface area contributed by atoms with Gasteiger partial charge in [-0.05, 0) is 55.8 Å². The Morgan fingerprint density at radius 3 is 2.55 bits per heavy atom. The van der Waals surface area contributed by atoms with E-state index < -0.39 is 10.0 Å². The van der Waals surface area contributed by atoms with E-state index in [2.05, 4.69) is 10.6 Å². The molecule has 2 N–H and O–H groups in total. The Morgan fingerprint density at radius 1 is 1.21 bits per heavy atom. The van der Waals surface area contributed by atoms with Crippen LogP contribution < -0.4 is 10.6 Å². The molecular formula is C20H25N3O4S2. The van der Waals surface area contributed by atoms with Crippen LogP contribution in [-0.4, -0.2) is 44.2 Å². The SMILES string of the molecule is CCNC(=O)c1ccc(C)c(NC(=O)C2CCN(S(=O)(=O)c3cccs3)CC2)c1. The van der Waals surface area contributed by atoms with Crippen molar-refractivity contribution in [1.29, 1.82) is 0 Å². The molecule has 1 aliphatic heterocycles. The number of nitrogens with one attached hydrogen (secondary N) is 2. The van der Waals surface area contributed by atoms with Crippen LogP contribution in [0.25, 0.3) is 0 Å². The van der Waals surface area contributed by atoms with Crippen molar-refractivity contribution in [3.63, 3.8) is 0 Å². The lowest BCUT2D eigenvalue weighted by molar-refractivity contribution is -0.120. The second-order valence-electron chi connectivity index (χ2n) is 6.99. The van der Waals surface area contributed by atoms with Gasteiger partial charge in [-0.1, -0.05) is 12.1 Å². The van der Waals surface area contributed by atoms with Gasteiger partial charge in [0.1, 0.15) is 4.21 Å². The minimum atomic E-state index is -3.48.